The van der Waals surface area contributed by atoms with E-state index in [0.717, 1.165) is 29.5 Å². The van der Waals surface area contributed by atoms with Gasteiger partial charge in [0.2, 0.25) is 0 Å². The summed E-state index contributed by atoms with van der Waals surface area (Å²) in [5.41, 5.74) is 2.18. The summed E-state index contributed by atoms with van der Waals surface area (Å²) >= 11 is 5.82. The molecule has 0 aliphatic rings. The zero-order chi connectivity index (χ0) is 12.1. The molecule has 3 nitrogen and oxygen atoms in total. The number of nitrogens with one attached hydrogen (secondary N) is 1. The Bertz CT molecular complexity index is 420. The van der Waals surface area contributed by atoms with Crippen molar-refractivity contribution >= 4 is 17.4 Å². The Kier molecular flexibility index (Phi) is 3.94. The van der Waals surface area contributed by atoms with E-state index in [-0.39, 0.29) is 0 Å². The minimum atomic E-state index is 0.770. The molecule has 2 rings (SSSR count). The average Bonchev–Trinajstić information content (AvgIpc) is 2.34. The maximum Gasteiger partial charge on any atom is 0.148 e. The minimum absolute atomic E-state index is 0.770. The monoisotopic (exact) mass is 247 g/mol. The Balaban J connectivity index is 1.83. The van der Waals surface area contributed by atoms with Crippen LogP contribution in [-0.2, 0) is 6.42 Å². The van der Waals surface area contributed by atoms with Gasteiger partial charge >= 0.3 is 0 Å². The number of nitrogens with zero attached hydrogens (tertiary/aromatic N) is 2. The fourth-order valence-electron chi connectivity index (χ4n) is 1.48. The van der Waals surface area contributed by atoms with Crippen molar-refractivity contribution in [2.75, 3.05) is 11.9 Å². The topological polar surface area (TPSA) is 37.8 Å². The van der Waals surface area contributed by atoms with Gasteiger partial charge in [0.15, 0.2) is 0 Å². The van der Waals surface area contributed by atoms with Crippen LogP contribution >= 0.6 is 11.6 Å². The van der Waals surface area contributed by atoms with E-state index in [1.165, 1.54) is 5.56 Å². The van der Waals surface area contributed by atoms with Gasteiger partial charge in [0, 0.05) is 11.6 Å². The van der Waals surface area contributed by atoms with Gasteiger partial charge in [0.1, 0.15) is 5.82 Å². The second-order valence-corrected chi connectivity index (χ2v) is 4.30. The van der Waals surface area contributed by atoms with E-state index in [1.54, 1.807) is 0 Å². The normalized spacial score (nSPS) is 10.2. The molecule has 17 heavy (non-hydrogen) atoms. The van der Waals surface area contributed by atoms with Crippen molar-refractivity contribution in [3.8, 4) is 0 Å². The van der Waals surface area contributed by atoms with Gasteiger partial charge in [0.05, 0.1) is 5.69 Å². The molecular formula is C13H14ClN3. The molecule has 0 saturated carbocycles. The predicted molar refractivity (Wildman–Crippen MR) is 70.4 cm³/mol. The molecule has 2 aromatic rings. The molecule has 88 valence electrons. The molecule has 0 amide bonds. The highest BCUT2D eigenvalue weighted by atomic mass is 35.5. The summed E-state index contributed by atoms with van der Waals surface area (Å²) in [6.07, 6.45) is 0.937. The lowest BCUT2D eigenvalue weighted by Crippen LogP contribution is -2.06. The van der Waals surface area contributed by atoms with Crippen LogP contribution in [0.2, 0.25) is 5.02 Å². The van der Waals surface area contributed by atoms with E-state index in [4.69, 9.17) is 11.6 Å². The van der Waals surface area contributed by atoms with Gasteiger partial charge in [-0.1, -0.05) is 23.7 Å². The molecule has 0 atom stereocenters. The molecule has 0 radical (unpaired) electrons. The lowest BCUT2D eigenvalue weighted by molar-refractivity contribution is 0.945. The van der Waals surface area contributed by atoms with Crippen molar-refractivity contribution in [1.82, 2.24) is 10.2 Å². The average molecular weight is 248 g/mol. The molecule has 1 heterocycles. The molecule has 0 saturated heterocycles. The summed E-state index contributed by atoms with van der Waals surface area (Å²) in [4.78, 5) is 0. The van der Waals surface area contributed by atoms with Crippen LogP contribution in [-0.4, -0.2) is 16.7 Å². The Morgan fingerprint density at radius 2 is 1.82 bits per heavy atom. The summed E-state index contributed by atoms with van der Waals surface area (Å²) in [7, 11) is 0. The van der Waals surface area contributed by atoms with E-state index >= 15 is 0 Å². The molecule has 0 unspecified atom stereocenters. The van der Waals surface area contributed by atoms with Crippen LogP contribution in [0, 0.1) is 6.92 Å². The highest BCUT2D eigenvalue weighted by Crippen LogP contribution is 2.10. The molecule has 1 N–H and O–H groups in total. The molecule has 0 spiro atoms. The molecular weight excluding hydrogens is 234 g/mol. The van der Waals surface area contributed by atoms with E-state index in [9.17, 15) is 0 Å². The fourth-order valence-corrected chi connectivity index (χ4v) is 1.61. The SMILES string of the molecule is Cc1ccc(NCCc2ccc(Cl)cc2)nn1. The zero-order valence-corrected chi connectivity index (χ0v) is 10.4. The summed E-state index contributed by atoms with van der Waals surface area (Å²) in [6, 6.07) is 11.8. The van der Waals surface area contributed by atoms with Crippen LogP contribution < -0.4 is 5.32 Å². The van der Waals surface area contributed by atoms with Gasteiger partial charge < -0.3 is 5.32 Å². The minimum Gasteiger partial charge on any atom is -0.368 e. The molecule has 0 bridgehead atoms. The number of rotatable bonds is 4. The number of aryl methyl sites for hydroxylation is 1. The summed E-state index contributed by atoms with van der Waals surface area (Å²) in [5, 5.41) is 12.0. The Morgan fingerprint density at radius 1 is 1.06 bits per heavy atom. The third kappa shape index (κ3) is 3.71. The van der Waals surface area contributed by atoms with E-state index in [0.29, 0.717) is 0 Å². The molecule has 1 aromatic carbocycles. The van der Waals surface area contributed by atoms with Gasteiger partial charge in [-0.05, 0) is 43.2 Å². The molecule has 1 aromatic heterocycles. The van der Waals surface area contributed by atoms with Crippen molar-refractivity contribution < 1.29 is 0 Å². The van der Waals surface area contributed by atoms with Crippen LogP contribution in [0.5, 0.6) is 0 Å². The van der Waals surface area contributed by atoms with Crippen molar-refractivity contribution in [1.29, 1.82) is 0 Å². The zero-order valence-electron chi connectivity index (χ0n) is 9.65. The highest BCUT2D eigenvalue weighted by Gasteiger charge is 1.96. The first-order valence-electron chi connectivity index (χ1n) is 5.53. The van der Waals surface area contributed by atoms with Crippen LogP contribution in [0.1, 0.15) is 11.3 Å². The maximum absolute atomic E-state index is 5.82. The summed E-state index contributed by atoms with van der Waals surface area (Å²) in [6.45, 7) is 2.75. The Hall–Kier alpha value is -1.61. The molecule has 0 fully saturated rings. The third-order valence-corrected chi connectivity index (χ3v) is 2.68. The van der Waals surface area contributed by atoms with Crippen molar-refractivity contribution in [3.05, 3.63) is 52.7 Å². The first kappa shape index (κ1) is 11.9. The number of anilines is 1. The van der Waals surface area contributed by atoms with E-state index in [1.807, 2.05) is 43.3 Å². The van der Waals surface area contributed by atoms with Crippen LogP contribution in [0.4, 0.5) is 5.82 Å². The Labute approximate surface area is 106 Å². The second kappa shape index (κ2) is 5.64. The summed E-state index contributed by atoms with van der Waals surface area (Å²) in [5.74, 6) is 0.810. The maximum atomic E-state index is 5.82. The molecule has 4 heteroatoms. The standard InChI is InChI=1S/C13H14ClN3/c1-10-2-7-13(17-16-10)15-9-8-11-3-5-12(14)6-4-11/h2-7H,8-9H2,1H3,(H,15,17). The number of benzene rings is 1. The van der Waals surface area contributed by atoms with Gasteiger partial charge in [0.25, 0.3) is 0 Å². The fraction of sp³-hybridized carbons (Fsp3) is 0.231. The summed E-state index contributed by atoms with van der Waals surface area (Å²) < 4.78 is 0. The number of hydrogen-bond acceptors (Lipinski definition) is 3. The quantitative estimate of drug-likeness (QED) is 0.902. The van der Waals surface area contributed by atoms with Crippen LogP contribution in [0.25, 0.3) is 0 Å². The van der Waals surface area contributed by atoms with Crippen molar-refractivity contribution in [3.63, 3.8) is 0 Å². The molecule has 0 aliphatic heterocycles. The largest absolute Gasteiger partial charge is 0.368 e. The van der Waals surface area contributed by atoms with Gasteiger partial charge in [-0.25, -0.2) is 0 Å². The van der Waals surface area contributed by atoms with Crippen molar-refractivity contribution in [2.45, 2.75) is 13.3 Å². The second-order valence-electron chi connectivity index (χ2n) is 3.86. The third-order valence-electron chi connectivity index (χ3n) is 2.43. The van der Waals surface area contributed by atoms with E-state index < -0.39 is 0 Å². The Morgan fingerprint density at radius 3 is 2.47 bits per heavy atom. The van der Waals surface area contributed by atoms with E-state index in [2.05, 4.69) is 15.5 Å². The first-order valence-corrected chi connectivity index (χ1v) is 5.90. The number of halogens is 1. The molecule has 0 aliphatic carbocycles. The lowest BCUT2D eigenvalue weighted by atomic mass is 10.1. The number of hydrogen-bond donors (Lipinski definition) is 1. The van der Waals surface area contributed by atoms with Gasteiger partial charge in [-0.3, -0.25) is 0 Å². The van der Waals surface area contributed by atoms with Crippen LogP contribution in [0.3, 0.4) is 0 Å². The first-order chi connectivity index (χ1) is 8.24. The lowest BCUT2D eigenvalue weighted by Gasteiger charge is -2.05. The smallest absolute Gasteiger partial charge is 0.148 e. The van der Waals surface area contributed by atoms with Crippen molar-refractivity contribution in [2.24, 2.45) is 0 Å². The van der Waals surface area contributed by atoms with Gasteiger partial charge in [-0.15, -0.1) is 5.10 Å². The van der Waals surface area contributed by atoms with Crippen LogP contribution in [0.15, 0.2) is 36.4 Å². The van der Waals surface area contributed by atoms with Gasteiger partial charge in [-0.2, -0.15) is 5.10 Å². The highest BCUT2D eigenvalue weighted by molar-refractivity contribution is 6.30. The predicted octanol–water partition coefficient (Wildman–Crippen LogP) is 3.09. The number of aromatic nitrogens is 2.